The van der Waals surface area contributed by atoms with Gasteiger partial charge in [-0.1, -0.05) is 30.3 Å². The maximum Gasteiger partial charge on any atom is 0.359 e. The molecule has 0 heterocycles. The molecule has 0 saturated heterocycles. The first-order valence-corrected chi connectivity index (χ1v) is 9.05. The molecular weight excluding hydrogens is 311 g/mol. The molecule has 0 aliphatic heterocycles. The van der Waals surface area contributed by atoms with Crippen molar-refractivity contribution < 1.29 is 18.8 Å². The number of aryl methyl sites for hydroxylation is 1. The number of carbonyl (C=O) groups is 1. The Labute approximate surface area is 136 Å². The number of benzene rings is 2. The minimum atomic E-state index is -4.05. The first-order valence-electron chi connectivity index (χ1n) is 7.48. The summed E-state index contributed by atoms with van der Waals surface area (Å²) in [4.78, 5) is 23.2. The van der Waals surface area contributed by atoms with Crippen LogP contribution >= 0.6 is 7.60 Å². The fourth-order valence-corrected chi connectivity index (χ4v) is 3.95. The summed E-state index contributed by atoms with van der Waals surface area (Å²) in [6.07, 6.45) is 0. The standard InChI is InChI=1S/C18H21O4P/c1-5-22-23(20,21)16-11-12(2)13(3)14(4)17(16)18(19)15-9-7-6-8-10-15/h6-11H,5H2,1-4H3,(H,20,21). The van der Waals surface area contributed by atoms with E-state index in [0.29, 0.717) is 11.1 Å². The smallest absolute Gasteiger partial charge is 0.321 e. The van der Waals surface area contributed by atoms with E-state index in [1.165, 1.54) is 0 Å². The number of hydrogen-bond donors (Lipinski definition) is 1. The Morgan fingerprint density at radius 2 is 1.74 bits per heavy atom. The van der Waals surface area contributed by atoms with E-state index in [1.54, 1.807) is 44.2 Å². The minimum absolute atomic E-state index is 0.0776. The molecule has 0 bridgehead atoms. The maximum atomic E-state index is 12.9. The summed E-state index contributed by atoms with van der Waals surface area (Å²) in [5.74, 6) is -0.268. The van der Waals surface area contributed by atoms with Crippen LogP contribution < -0.4 is 5.30 Å². The van der Waals surface area contributed by atoms with Gasteiger partial charge in [0.1, 0.15) is 0 Å². The van der Waals surface area contributed by atoms with Crippen molar-refractivity contribution in [2.45, 2.75) is 27.7 Å². The Morgan fingerprint density at radius 1 is 1.13 bits per heavy atom. The van der Waals surface area contributed by atoms with Gasteiger partial charge in [-0.3, -0.25) is 9.36 Å². The lowest BCUT2D eigenvalue weighted by molar-refractivity contribution is 0.103. The summed E-state index contributed by atoms with van der Waals surface area (Å²) in [5, 5.41) is 0.0776. The number of hydrogen-bond acceptors (Lipinski definition) is 3. The van der Waals surface area contributed by atoms with Crippen molar-refractivity contribution in [1.29, 1.82) is 0 Å². The van der Waals surface area contributed by atoms with Gasteiger partial charge in [-0.25, -0.2) is 0 Å². The maximum absolute atomic E-state index is 12.9. The molecule has 0 aromatic heterocycles. The monoisotopic (exact) mass is 332 g/mol. The van der Waals surface area contributed by atoms with Gasteiger partial charge in [-0.15, -0.1) is 0 Å². The third kappa shape index (κ3) is 3.45. The third-order valence-corrected chi connectivity index (χ3v) is 5.58. The van der Waals surface area contributed by atoms with Crippen LogP contribution in [0.25, 0.3) is 0 Å². The zero-order valence-corrected chi connectivity index (χ0v) is 14.7. The van der Waals surface area contributed by atoms with Gasteiger partial charge in [-0.2, -0.15) is 0 Å². The molecule has 1 N–H and O–H groups in total. The quantitative estimate of drug-likeness (QED) is 0.670. The second-order valence-corrected chi connectivity index (χ2v) is 7.25. The molecule has 0 radical (unpaired) electrons. The highest BCUT2D eigenvalue weighted by Gasteiger charge is 2.31. The van der Waals surface area contributed by atoms with Crippen molar-refractivity contribution in [3.8, 4) is 0 Å². The van der Waals surface area contributed by atoms with E-state index in [2.05, 4.69) is 0 Å². The molecule has 0 aliphatic carbocycles. The van der Waals surface area contributed by atoms with E-state index in [1.807, 2.05) is 19.9 Å². The predicted octanol–water partition coefficient (Wildman–Crippen LogP) is 3.69. The molecule has 2 rings (SSSR count). The molecular formula is C18H21O4P. The Hall–Kier alpha value is -1.74. The topological polar surface area (TPSA) is 63.6 Å². The number of rotatable bonds is 5. The first-order chi connectivity index (χ1) is 10.8. The molecule has 1 atom stereocenters. The van der Waals surface area contributed by atoms with Gasteiger partial charge in [0.15, 0.2) is 5.78 Å². The van der Waals surface area contributed by atoms with E-state index in [9.17, 15) is 14.3 Å². The molecule has 1 unspecified atom stereocenters. The summed E-state index contributed by atoms with van der Waals surface area (Å²) >= 11 is 0. The molecule has 23 heavy (non-hydrogen) atoms. The average Bonchev–Trinajstić information content (AvgIpc) is 2.52. The molecule has 122 valence electrons. The lowest BCUT2D eigenvalue weighted by Crippen LogP contribution is -2.21. The Morgan fingerprint density at radius 3 is 2.30 bits per heavy atom. The molecule has 0 spiro atoms. The van der Waals surface area contributed by atoms with Crippen molar-refractivity contribution >= 4 is 18.7 Å². The fourth-order valence-electron chi connectivity index (χ4n) is 2.55. The molecule has 2 aromatic carbocycles. The van der Waals surface area contributed by atoms with Gasteiger partial charge in [0, 0.05) is 11.1 Å². The normalized spacial score (nSPS) is 13.6. The highest BCUT2D eigenvalue weighted by molar-refractivity contribution is 7.61. The van der Waals surface area contributed by atoms with E-state index >= 15 is 0 Å². The van der Waals surface area contributed by atoms with Crippen LogP contribution in [0, 0.1) is 20.8 Å². The van der Waals surface area contributed by atoms with Gasteiger partial charge < -0.3 is 9.42 Å². The van der Waals surface area contributed by atoms with Crippen LogP contribution in [0.4, 0.5) is 0 Å². The summed E-state index contributed by atoms with van der Waals surface area (Å²) in [5.41, 5.74) is 3.25. The van der Waals surface area contributed by atoms with Crippen molar-refractivity contribution in [2.24, 2.45) is 0 Å². The van der Waals surface area contributed by atoms with Crippen molar-refractivity contribution in [3.05, 3.63) is 64.2 Å². The Kier molecular flexibility index (Phi) is 5.20. The lowest BCUT2D eigenvalue weighted by atomic mass is 9.93. The van der Waals surface area contributed by atoms with Crippen molar-refractivity contribution in [1.82, 2.24) is 0 Å². The second-order valence-electron chi connectivity index (χ2n) is 5.47. The fraction of sp³-hybridized carbons (Fsp3) is 0.278. The highest BCUT2D eigenvalue weighted by atomic mass is 31.2. The largest absolute Gasteiger partial charge is 0.359 e. The van der Waals surface area contributed by atoms with E-state index in [-0.39, 0.29) is 23.3 Å². The number of carbonyl (C=O) groups excluding carboxylic acids is 1. The molecule has 4 nitrogen and oxygen atoms in total. The molecule has 0 saturated carbocycles. The Bertz CT molecular complexity index is 781. The van der Waals surface area contributed by atoms with E-state index < -0.39 is 7.60 Å². The second kappa shape index (κ2) is 6.79. The van der Waals surface area contributed by atoms with E-state index in [0.717, 1.165) is 11.1 Å². The lowest BCUT2D eigenvalue weighted by Gasteiger charge is -2.19. The van der Waals surface area contributed by atoms with Crippen LogP contribution in [-0.2, 0) is 9.09 Å². The summed E-state index contributed by atoms with van der Waals surface area (Å²) in [6.45, 7) is 7.30. The SMILES string of the molecule is CCOP(=O)(O)c1cc(C)c(C)c(C)c1C(=O)c1ccccc1. The first kappa shape index (κ1) is 17.6. The zero-order chi connectivity index (χ0) is 17.2. The summed E-state index contributed by atoms with van der Waals surface area (Å²) in [6, 6.07) is 10.3. The number of ketones is 1. The van der Waals surface area contributed by atoms with Crippen LogP contribution in [0.15, 0.2) is 36.4 Å². The van der Waals surface area contributed by atoms with Gasteiger partial charge in [0.05, 0.1) is 11.9 Å². The van der Waals surface area contributed by atoms with Crippen LogP contribution in [0.1, 0.15) is 39.5 Å². The predicted molar refractivity (Wildman–Crippen MR) is 91.6 cm³/mol. The third-order valence-electron chi connectivity index (χ3n) is 4.01. The van der Waals surface area contributed by atoms with Crippen LogP contribution in [0.3, 0.4) is 0 Å². The minimum Gasteiger partial charge on any atom is -0.321 e. The average molecular weight is 332 g/mol. The zero-order valence-electron chi connectivity index (χ0n) is 13.8. The summed E-state index contributed by atoms with van der Waals surface area (Å²) < 4.78 is 17.6. The van der Waals surface area contributed by atoms with Crippen LogP contribution in [0.2, 0.25) is 0 Å². The molecule has 0 fully saturated rings. The van der Waals surface area contributed by atoms with Crippen molar-refractivity contribution in [3.63, 3.8) is 0 Å². The van der Waals surface area contributed by atoms with Crippen LogP contribution in [0.5, 0.6) is 0 Å². The highest BCUT2D eigenvalue weighted by Crippen LogP contribution is 2.43. The van der Waals surface area contributed by atoms with E-state index in [4.69, 9.17) is 4.52 Å². The van der Waals surface area contributed by atoms with Gasteiger partial charge in [0.25, 0.3) is 0 Å². The van der Waals surface area contributed by atoms with Gasteiger partial charge in [0.2, 0.25) is 0 Å². The van der Waals surface area contributed by atoms with Gasteiger partial charge in [-0.05, 0) is 50.5 Å². The molecule has 0 amide bonds. The molecule has 0 aliphatic rings. The Balaban J connectivity index is 2.73. The summed E-state index contributed by atoms with van der Waals surface area (Å²) in [7, 11) is -4.05. The molecule has 5 heteroatoms. The van der Waals surface area contributed by atoms with Crippen LogP contribution in [-0.4, -0.2) is 17.3 Å². The molecule has 2 aromatic rings. The van der Waals surface area contributed by atoms with Gasteiger partial charge >= 0.3 is 7.60 Å². The van der Waals surface area contributed by atoms with Crippen molar-refractivity contribution in [2.75, 3.05) is 6.61 Å².